The second kappa shape index (κ2) is 60.5. The Hall–Kier alpha value is -2.06. The molecule has 3 atom stereocenters. The Morgan fingerprint density at radius 1 is 0.443 bits per heavy atom. The number of carbonyl (C=O) groups is 1. The van der Waals surface area contributed by atoms with Crippen LogP contribution in [0.1, 0.15) is 316 Å². The van der Waals surface area contributed by atoms with E-state index in [2.05, 4.69) is 79.9 Å². The fourth-order valence-electron chi connectivity index (χ4n) is 9.94. The second-order valence-electron chi connectivity index (χ2n) is 24.2. The summed E-state index contributed by atoms with van der Waals surface area (Å²) >= 11 is 0. The van der Waals surface area contributed by atoms with Crippen molar-refractivity contribution in [1.82, 2.24) is 5.32 Å². The molecule has 0 aliphatic heterocycles. The van der Waals surface area contributed by atoms with E-state index in [-0.39, 0.29) is 19.1 Å². The first-order valence-corrected chi connectivity index (χ1v) is 35.3. The lowest BCUT2D eigenvalue weighted by Gasteiger charge is -2.25. The van der Waals surface area contributed by atoms with Gasteiger partial charge < -0.3 is 19.8 Å². The van der Waals surface area contributed by atoms with Crippen LogP contribution in [-0.4, -0.2) is 73.4 Å². The number of phosphoric ester groups is 1. The van der Waals surface area contributed by atoms with Crippen molar-refractivity contribution in [3.05, 3.63) is 72.9 Å². The number of unbranched alkanes of at least 4 members (excludes halogenated alkanes) is 39. The van der Waals surface area contributed by atoms with Gasteiger partial charge in [0.05, 0.1) is 39.9 Å². The number of phosphoric acid groups is 1. The number of aliphatic hydroxyl groups excluding tert-OH is 1. The molecule has 0 aromatic heterocycles. The summed E-state index contributed by atoms with van der Waals surface area (Å²) in [5.41, 5.74) is 0. The molecule has 1 amide bonds. The monoisotopic (exact) mass is 1130 g/mol. The Morgan fingerprint density at radius 2 is 0.772 bits per heavy atom. The first-order chi connectivity index (χ1) is 38.5. The number of quaternary nitrogens is 1. The van der Waals surface area contributed by atoms with Crippen LogP contribution in [0.15, 0.2) is 72.9 Å². The third-order valence-electron chi connectivity index (χ3n) is 15.2. The maximum atomic E-state index is 13.0. The summed E-state index contributed by atoms with van der Waals surface area (Å²) in [5.74, 6) is -0.182. The van der Waals surface area contributed by atoms with E-state index in [1.54, 1.807) is 6.08 Å². The molecule has 0 aliphatic carbocycles. The Bertz CT molecular complexity index is 1520. The maximum absolute atomic E-state index is 13.0. The lowest BCUT2D eigenvalue weighted by atomic mass is 10.0. The van der Waals surface area contributed by atoms with Gasteiger partial charge in [0.2, 0.25) is 5.91 Å². The van der Waals surface area contributed by atoms with E-state index in [1.807, 2.05) is 27.2 Å². The number of hydrogen-bond acceptors (Lipinski definition) is 5. The van der Waals surface area contributed by atoms with Crippen LogP contribution >= 0.6 is 7.82 Å². The summed E-state index contributed by atoms with van der Waals surface area (Å²) in [6.07, 6.45) is 84.9. The normalized spacial score (nSPS) is 14.2. The standard InChI is InChI=1S/C70H131N2O6P/c1-6-8-10-12-14-16-18-20-22-24-25-26-27-28-29-30-31-32-33-34-35-36-37-38-39-40-41-42-43-44-45-46-47-48-50-52-54-56-58-60-62-64-70(74)71-68(67-78-79(75,76)77-66-65-72(3,4)5)69(73)63-61-59-57-55-53-51-49-23-21-19-17-15-13-11-9-7-2/h8,10,14,16,20,22,25-26,53,55,61,63,68-69,73H,6-7,9,11-13,15,17-19,21,23-24,27-52,54,56-60,62,64-67H2,1-5H3,(H-,71,74,75,76)/p+1/b10-8-,16-14-,22-20-,26-25-,55-53+,63-61+. The van der Waals surface area contributed by atoms with Gasteiger partial charge in [0, 0.05) is 6.42 Å². The predicted molar refractivity (Wildman–Crippen MR) is 346 cm³/mol. The predicted octanol–water partition coefficient (Wildman–Crippen LogP) is 21.4. The zero-order chi connectivity index (χ0) is 57.7. The van der Waals surface area contributed by atoms with Gasteiger partial charge in [-0.15, -0.1) is 0 Å². The molecule has 9 heteroatoms. The average molecular weight is 1130 g/mol. The van der Waals surface area contributed by atoms with Crippen molar-refractivity contribution < 1.29 is 32.9 Å². The van der Waals surface area contributed by atoms with Crippen LogP contribution in [0.5, 0.6) is 0 Å². The van der Waals surface area contributed by atoms with E-state index in [0.29, 0.717) is 17.4 Å². The van der Waals surface area contributed by atoms with Gasteiger partial charge in [0.15, 0.2) is 0 Å². The smallest absolute Gasteiger partial charge is 0.387 e. The molecule has 0 saturated heterocycles. The fourth-order valence-corrected chi connectivity index (χ4v) is 10.7. The zero-order valence-electron chi connectivity index (χ0n) is 52.9. The highest BCUT2D eigenvalue weighted by Crippen LogP contribution is 2.43. The van der Waals surface area contributed by atoms with E-state index in [4.69, 9.17) is 9.05 Å². The molecule has 0 radical (unpaired) electrons. The van der Waals surface area contributed by atoms with Gasteiger partial charge in [0.25, 0.3) is 0 Å². The summed E-state index contributed by atoms with van der Waals surface area (Å²) < 4.78 is 23.7. The van der Waals surface area contributed by atoms with E-state index in [0.717, 1.165) is 64.2 Å². The van der Waals surface area contributed by atoms with Crippen molar-refractivity contribution in [2.24, 2.45) is 0 Å². The quantitative estimate of drug-likeness (QED) is 0.0243. The molecule has 0 rings (SSSR count). The average Bonchev–Trinajstić information content (AvgIpc) is 3.42. The van der Waals surface area contributed by atoms with Crippen LogP contribution < -0.4 is 5.32 Å². The molecule has 8 nitrogen and oxygen atoms in total. The van der Waals surface area contributed by atoms with Gasteiger partial charge in [0.1, 0.15) is 13.2 Å². The number of rotatable bonds is 62. The van der Waals surface area contributed by atoms with Crippen molar-refractivity contribution in [1.29, 1.82) is 0 Å². The van der Waals surface area contributed by atoms with Gasteiger partial charge >= 0.3 is 7.82 Å². The van der Waals surface area contributed by atoms with Crippen molar-refractivity contribution in [2.75, 3.05) is 40.9 Å². The molecule has 0 aliphatic rings. The Morgan fingerprint density at radius 3 is 1.16 bits per heavy atom. The van der Waals surface area contributed by atoms with Gasteiger partial charge in [-0.25, -0.2) is 4.57 Å². The summed E-state index contributed by atoms with van der Waals surface area (Å²) in [4.78, 5) is 23.3. The Labute approximate surface area is 491 Å². The summed E-state index contributed by atoms with van der Waals surface area (Å²) in [5, 5.41) is 13.9. The molecule has 0 aromatic carbocycles. The number of allylic oxidation sites excluding steroid dienone is 11. The Kier molecular flexibility index (Phi) is 59.0. The fraction of sp³-hybridized carbons (Fsp3) is 0.814. The minimum absolute atomic E-state index is 0.0567. The third kappa shape index (κ3) is 63.4. The molecular formula is C70H132N2O6P+. The van der Waals surface area contributed by atoms with Gasteiger partial charge in [-0.1, -0.05) is 311 Å². The Balaban J connectivity index is 3.90. The van der Waals surface area contributed by atoms with Crippen LogP contribution in [0.25, 0.3) is 0 Å². The van der Waals surface area contributed by atoms with Crippen LogP contribution in [0, 0.1) is 0 Å². The molecule has 0 aromatic rings. The second-order valence-corrected chi connectivity index (χ2v) is 25.6. The molecule has 0 saturated carbocycles. The van der Waals surface area contributed by atoms with E-state index >= 15 is 0 Å². The van der Waals surface area contributed by atoms with Gasteiger partial charge in [-0.05, 0) is 70.6 Å². The molecule has 0 heterocycles. The molecule has 0 fully saturated rings. The van der Waals surface area contributed by atoms with Crippen molar-refractivity contribution in [2.45, 2.75) is 328 Å². The van der Waals surface area contributed by atoms with Crippen LogP contribution in [-0.2, 0) is 18.4 Å². The highest BCUT2D eigenvalue weighted by molar-refractivity contribution is 7.47. The molecular weight excluding hydrogens is 996 g/mol. The minimum atomic E-state index is -4.36. The third-order valence-corrected chi connectivity index (χ3v) is 16.1. The maximum Gasteiger partial charge on any atom is 0.472 e. The van der Waals surface area contributed by atoms with Crippen LogP contribution in [0.4, 0.5) is 0 Å². The highest BCUT2D eigenvalue weighted by atomic mass is 31.2. The molecule has 0 spiro atoms. The van der Waals surface area contributed by atoms with Crippen molar-refractivity contribution >= 4 is 13.7 Å². The van der Waals surface area contributed by atoms with Crippen molar-refractivity contribution in [3.8, 4) is 0 Å². The number of nitrogens with zero attached hydrogens (tertiary/aromatic N) is 1. The van der Waals surface area contributed by atoms with E-state index in [9.17, 15) is 19.4 Å². The SMILES string of the molecule is CC/C=C\C/C=C\C/C=C\C/C=C\CCCCCCCCCCCCCCCCCCCCCCCCCCCCCCC(=O)NC(COP(=O)(O)OCC[N+](C)(C)C)C(O)/C=C/CC/C=C/CCCCCCCCCCCC. The number of likely N-dealkylation sites (N-methyl/N-ethyl adjacent to an activating group) is 1. The van der Waals surface area contributed by atoms with Crippen LogP contribution in [0.2, 0.25) is 0 Å². The largest absolute Gasteiger partial charge is 0.472 e. The lowest BCUT2D eigenvalue weighted by Crippen LogP contribution is -2.45. The van der Waals surface area contributed by atoms with Crippen LogP contribution in [0.3, 0.4) is 0 Å². The molecule has 3 unspecified atom stereocenters. The summed E-state index contributed by atoms with van der Waals surface area (Å²) in [6, 6.07) is -0.863. The van der Waals surface area contributed by atoms with Gasteiger partial charge in [-0.3, -0.25) is 13.8 Å². The van der Waals surface area contributed by atoms with Crippen molar-refractivity contribution in [3.63, 3.8) is 0 Å². The highest BCUT2D eigenvalue weighted by Gasteiger charge is 2.28. The molecule has 0 bridgehead atoms. The number of carbonyl (C=O) groups excluding carboxylic acids is 1. The van der Waals surface area contributed by atoms with Gasteiger partial charge in [-0.2, -0.15) is 0 Å². The van der Waals surface area contributed by atoms with E-state index in [1.165, 1.54) is 231 Å². The molecule has 462 valence electrons. The number of nitrogens with one attached hydrogen (secondary N) is 1. The number of aliphatic hydroxyl groups is 1. The molecule has 3 N–H and O–H groups in total. The minimum Gasteiger partial charge on any atom is -0.387 e. The lowest BCUT2D eigenvalue weighted by molar-refractivity contribution is -0.870. The summed E-state index contributed by atoms with van der Waals surface area (Å²) in [6.45, 7) is 4.71. The zero-order valence-corrected chi connectivity index (χ0v) is 53.8. The number of hydrogen-bond donors (Lipinski definition) is 3. The first kappa shape index (κ1) is 76.9. The molecule has 79 heavy (non-hydrogen) atoms. The number of amides is 1. The first-order valence-electron chi connectivity index (χ1n) is 33.8. The summed E-state index contributed by atoms with van der Waals surface area (Å²) in [7, 11) is 1.56. The topological polar surface area (TPSA) is 105 Å². The van der Waals surface area contributed by atoms with E-state index < -0.39 is 20.0 Å².